The van der Waals surface area contributed by atoms with Gasteiger partial charge in [0.2, 0.25) is 0 Å². The lowest BCUT2D eigenvalue weighted by atomic mass is 9.75. The van der Waals surface area contributed by atoms with Crippen LogP contribution >= 0.6 is 0 Å². The van der Waals surface area contributed by atoms with E-state index in [4.69, 9.17) is 19.2 Å². The van der Waals surface area contributed by atoms with E-state index < -0.39 is 0 Å². The third-order valence-electron chi connectivity index (χ3n) is 5.77. The smallest absolute Gasteiger partial charge is 0.118 e. The highest BCUT2D eigenvalue weighted by Crippen LogP contribution is 2.40. The molecule has 0 amide bonds. The third-order valence-corrected chi connectivity index (χ3v) is 5.77. The van der Waals surface area contributed by atoms with Crippen LogP contribution in [0.15, 0.2) is 53.5 Å². The van der Waals surface area contributed by atoms with E-state index in [0.29, 0.717) is 11.8 Å². The Labute approximate surface area is 174 Å². The molecule has 156 valence electrons. The Bertz CT molecular complexity index is 781. The predicted molar refractivity (Wildman–Crippen MR) is 119 cm³/mol. The highest BCUT2D eigenvalue weighted by molar-refractivity contribution is 5.79. The van der Waals surface area contributed by atoms with Crippen LogP contribution in [0.25, 0.3) is 0 Å². The molecule has 2 unspecified atom stereocenters. The van der Waals surface area contributed by atoms with Crippen LogP contribution < -0.4 is 9.47 Å². The van der Waals surface area contributed by atoms with Crippen LogP contribution in [0, 0.1) is 5.92 Å². The van der Waals surface area contributed by atoms with Gasteiger partial charge in [-0.2, -0.15) is 0 Å². The maximum Gasteiger partial charge on any atom is 0.118 e. The number of rotatable bonds is 8. The van der Waals surface area contributed by atoms with E-state index in [0.717, 1.165) is 49.5 Å². The number of hydrogen-bond acceptors (Lipinski definition) is 4. The number of hydrogen-bond donors (Lipinski definition) is 0. The summed E-state index contributed by atoms with van der Waals surface area (Å²) in [7, 11) is 3.39. The molecule has 2 atom stereocenters. The highest BCUT2D eigenvalue weighted by Gasteiger charge is 2.33. The monoisotopic (exact) mass is 395 g/mol. The van der Waals surface area contributed by atoms with Crippen molar-refractivity contribution in [3.63, 3.8) is 0 Å². The maximum atomic E-state index is 5.96. The molecule has 1 aliphatic rings. The van der Waals surface area contributed by atoms with Gasteiger partial charge in [0.1, 0.15) is 11.5 Å². The quantitative estimate of drug-likeness (QED) is 0.554. The van der Waals surface area contributed by atoms with Crippen molar-refractivity contribution in [3.8, 4) is 11.5 Å². The molecule has 4 heteroatoms. The first-order valence-electron chi connectivity index (χ1n) is 10.4. The Balaban J connectivity index is 1.69. The van der Waals surface area contributed by atoms with Crippen LogP contribution in [0.2, 0.25) is 0 Å². The van der Waals surface area contributed by atoms with Gasteiger partial charge in [0.05, 0.1) is 19.8 Å². The largest absolute Gasteiger partial charge is 0.497 e. The van der Waals surface area contributed by atoms with Gasteiger partial charge < -0.3 is 14.2 Å². The van der Waals surface area contributed by atoms with Gasteiger partial charge in [-0.15, -0.1) is 0 Å². The molecule has 0 aliphatic carbocycles. The Morgan fingerprint density at radius 2 is 1.66 bits per heavy atom. The van der Waals surface area contributed by atoms with Crippen molar-refractivity contribution >= 4 is 6.21 Å². The first-order chi connectivity index (χ1) is 14.0. The summed E-state index contributed by atoms with van der Waals surface area (Å²) in [6.45, 7) is 6.04. The van der Waals surface area contributed by atoms with Gasteiger partial charge in [0.15, 0.2) is 0 Å². The SMILES string of the molecule is COc1ccc(C=NCCC(c2ccc(OC)cc2)C2CCOC(C)(C)C2)cc1. The molecule has 2 aromatic rings. The maximum absolute atomic E-state index is 5.96. The summed E-state index contributed by atoms with van der Waals surface area (Å²) in [6, 6.07) is 16.5. The minimum atomic E-state index is -0.0556. The van der Waals surface area contributed by atoms with Gasteiger partial charge in [0.25, 0.3) is 0 Å². The topological polar surface area (TPSA) is 40.0 Å². The number of benzene rings is 2. The second kappa shape index (κ2) is 9.93. The van der Waals surface area contributed by atoms with Crippen molar-refractivity contribution in [1.82, 2.24) is 0 Å². The number of ether oxygens (including phenoxy) is 3. The van der Waals surface area contributed by atoms with Gasteiger partial charge in [-0.25, -0.2) is 0 Å². The summed E-state index contributed by atoms with van der Waals surface area (Å²) < 4.78 is 16.5. The van der Waals surface area contributed by atoms with Crippen molar-refractivity contribution in [1.29, 1.82) is 0 Å². The molecule has 0 radical (unpaired) electrons. The molecule has 4 nitrogen and oxygen atoms in total. The second-order valence-electron chi connectivity index (χ2n) is 8.34. The van der Waals surface area contributed by atoms with Crippen molar-refractivity contribution in [2.24, 2.45) is 10.9 Å². The standard InChI is InChI=1S/C25H33NO3/c1-25(2)17-21(14-16-29-25)24(20-7-11-23(28-4)12-8-20)13-15-26-18-19-5-9-22(27-3)10-6-19/h5-12,18,21,24H,13-17H2,1-4H3. The van der Waals surface area contributed by atoms with E-state index >= 15 is 0 Å². The van der Waals surface area contributed by atoms with Crippen LogP contribution in [-0.4, -0.2) is 39.2 Å². The van der Waals surface area contributed by atoms with Crippen molar-refractivity contribution in [2.45, 2.75) is 44.6 Å². The zero-order valence-corrected chi connectivity index (χ0v) is 18.1. The van der Waals surface area contributed by atoms with E-state index in [-0.39, 0.29) is 5.60 Å². The fourth-order valence-corrected chi connectivity index (χ4v) is 4.22. The van der Waals surface area contributed by atoms with Gasteiger partial charge in [-0.05, 0) is 92.5 Å². The van der Waals surface area contributed by atoms with E-state index in [1.54, 1.807) is 14.2 Å². The first kappa shape index (κ1) is 21.4. The lowest BCUT2D eigenvalue weighted by Crippen LogP contribution is -2.36. The highest BCUT2D eigenvalue weighted by atomic mass is 16.5. The Morgan fingerprint density at radius 3 is 2.24 bits per heavy atom. The Hall–Kier alpha value is -2.33. The van der Waals surface area contributed by atoms with Crippen molar-refractivity contribution < 1.29 is 14.2 Å². The molecule has 1 heterocycles. The molecule has 1 saturated heterocycles. The molecule has 0 bridgehead atoms. The molecular weight excluding hydrogens is 362 g/mol. The average Bonchev–Trinajstić information content (AvgIpc) is 2.73. The minimum absolute atomic E-state index is 0.0556. The number of methoxy groups -OCH3 is 2. The van der Waals surface area contributed by atoms with Crippen molar-refractivity contribution in [2.75, 3.05) is 27.4 Å². The van der Waals surface area contributed by atoms with Crippen LogP contribution in [0.3, 0.4) is 0 Å². The molecule has 0 N–H and O–H groups in total. The van der Waals surface area contributed by atoms with Gasteiger partial charge in [-0.3, -0.25) is 4.99 Å². The molecule has 29 heavy (non-hydrogen) atoms. The summed E-state index contributed by atoms with van der Waals surface area (Å²) >= 11 is 0. The van der Waals surface area contributed by atoms with E-state index in [2.05, 4.69) is 38.1 Å². The summed E-state index contributed by atoms with van der Waals surface area (Å²) in [5, 5.41) is 0. The number of aliphatic imine (C=N–C) groups is 1. The van der Waals surface area contributed by atoms with Gasteiger partial charge in [-0.1, -0.05) is 12.1 Å². The minimum Gasteiger partial charge on any atom is -0.497 e. The third kappa shape index (κ3) is 6.07. The zero-order chi connectivity index (χ0) is 20.7. The molecule has 1 aliphatic heterocycles. The Morgan fingerprint density at radius 1 is 1.03 bits per heavy atom. The van der Waals surface area contributed by atoms with Crippen LogP contribution in [0.5, 0.6) is 11.5 Å². The molecular formula is C25H33NO3. The summed E-state index contributed by atoms with van der Waals surface area (Å²) in [5.41, 5.74) is 2.41. The van der Waals surface area contributed by atoms with Crippen LogP contribution in [0.1, 0.15) is 50.2 Å². The van der Waals surface area contributed by atoms with Crippen molar-refractivity contribution in [3.05, 3.63) is 59.7 Å². The molecule has 0 saturated carbocycles. The predicted octanol–water partition coefficient (Wildman–Crippen LogP) is 5.50. The van der Waals surface area contributed by atoms with E-state index in [1.165, 1.54) is 5.56 Å². The van der Waals surface area contributed by atoms with Gasteiger partial charge >= 0.3 is 0 Å². The molecule has 3 rings (SSSR count). The lowest BCUT2D eigenvalue weighted by molar-refractivity contribution is -0.0771. The van der Waals surface area contributed by atoms with E-state index in [9.17, 15) is 0 Å². The van der Waals surface area contributed by atoms with Crippen LogP contribution in [-0.2, 0) is 4.74 Å². The summed E-state index contributed by atoms with van der Waals surface area (Å²) in [5.74, 6) is 2.83. The normalized spacial score (nSPS) is 19.8. The fourth-order valence-electron chi connectivity index (χ4n) is 4.22. The van der Waals surface area contributed by atoms with Crippen LogP contribution in [0.4, 0.5) is 0 Å². The fraction of sp³-hybridized carbons (Fsp3) is 0.480. The molecule has 2 aromatic carbocycles. The van der Waals surface area contributed by atoms with Gasteiger partial charge in [0, 0.05) is 19.4 Å². The second-order valence-corrected chi connectivity index (χ2v) is 8.34. The molecule has 0 spiro atoms. The summed E-state index contributed by atoms with van der Waals surface area (Å²) in [4.78, 5) is 4.71. The van der Waals surface area contributed by atoms with E-state index in [1.807, 2.05) is 30.5 Å². The average molecular weight is 396 g/mol. The Kier molecular flexibility index (Phi) is 7.32. The summed E-state index contributed by atoms with van der Waals surface area (Å²) in [6.07, 6.45) is 5.16. The zero-order valence-electron chi connectivity index (χ0n) is 18.1. The number of nitrogens with zero attached hydrogens (tertiary/aromatic N) is 1. The first-order valence-corrected chi connectivity index (χ1v) is 10.4. The molecule has 0 aromatic heterocycles. The molecule has 1 fully saturated rings. The lowest BCUT2D eigenvalue weighted by Gasteiger charge is -2.39.